The van der Waals surface area contributed by atoms with Crippen molar-refractivity contribution in [2.75, 3.05) is 51.8 Å². The fraction of sp³-hybridized carbons (Fsp3) is 1.00. The average molecular weight is 263 g/mol. The van der Waals surface area contributed by atoms with E-state index in [1.165, 1.54) is 12.8 Å². The van der Waals surface area contributed by atoms with E-state index < -0.39 is 0 Å². The number of hydrogen-bond acceptors (Lipinski definition) is 3. The van der Waals surface area contributed by atoms with Gasteiger partial charge in [0.05, 0.1) is 13.2 Å². The molecule has 1 N–H and O–H groups in total. The summed E-state index contributed by atoms with van der Waals surface area (Å²) in [7, 11) is 0. The van der Waals surface area contributed by atoms with Gasteiger partial charge in [-0.1, -0.05) is 13.3 Å². The molecule has 17 heavy (non-hydrogen) atoms. The summed E-state index contributed by atoms with van der Waals surface area (Å²) >= 11 is 5.82. The summed E-state index contributed by atoms with van der Waals surface area (Å²) in [5.41, 5.74) is 0. The summed E-state index contributed by atoms with van der Waals surface area (Å²) in [6.45, 7) is 9.55. The minimum atomic E-state index is 0.752. The third-order valence-electron chi connectivity index (χ3n) is 3.36. The van der Waals surface area contributed by atoms with Gasteiger partial charge in [-0.05, 0) is 25.3 Å². The zero-order valence-corrected chi connectivity index (χ0v) is 11.8. The number of halogens is 1. The molecule has 0 spiro atoms. The molecule has 0 saturated carbocycles. The van der Waals surface area contributed by atoms with Gasteiger partial charge >= 0.3 is 0 Å². The van der Waals surface area contributed by atoms with Gasteiger partial charge in [-0.15, -0.1) is 11.6 Å². The number of rotatable bonds is 9. The Kier molecular flexibility index (Phi) is 9.07. The molecule has 0 bridgehead atoms. The predicted octanol–water partition coefficient (Wildman–Crippen LogP) is 1.95. The van der Waals surface area contributed by atoms with Crippen LogP contribution >= 0.6 is 11.6 Å². The number of nitrogens with zero attached hydrogens (tertiary/aromatic N) is 1. The van der Waals surface area contributed by atoms with Gasteiger partial charge < -0.3 is 10.1 Å². The summed E-state index contributed by atoms with van der Waals surface area (Å²) in [6, 6.07) is 0. The van der Waals surface area contributed by atoms with Crippen LogP contribution in [0.1, 0.15) is 26.2 Å². The maximum absolute atomic E-state index is 5.82. The van der Waals surface area contributed by atoms with Crippen molar-refractivity contribution in [3.63, 3.8) is 0 Å². The Morgan fingerprint density at radius 1 is 1.29 bits per heavy atom. The minimum absolute atomic E-state index is 0.752. The SMILES string of the molecule is CCCC(CCCl)CNCCN1CCOCC1. The largest absolute Gasteiger partial charge is 0.379 e. The first-order chi connectivity index (χ1) is 8.36. The van der Waals surface area contributed by atoms with Crippen LogP contribution in [0.15, 0.2) is 0 Å². The van der Waals surface area contributed by atoms with Crippen LogP contribution in [0.5, 0.6) is 0 Å². The summed E-state index contributed by atoms with van der Waals surface area (Å²) in [6.07, 6.45) is 3.68. The number of morpholine rings is 1. The third kappa shape index (κ3) is 7.24. The van der Waals surface area contributed by atoms with Crippen LogP contribution in [0, 0.1) is 5.92 Å². The Labute approximate surface area is 111 Å². The Morgan fingerprint density at radius 2 is 2.06 bits per heavy atom. The molecule has 1 rings (SSSR count). The first-order valence-corrected chi connectivity index (χ1v) is 7.47. The Bertz CT molecular complexity index is 169. The van der Waals surface area contributed by atoms with Crippen molar-refractivity contribution in [3.05, 3.63) is 0 Å². The predicted molar refractivity (Wildman–Crippen MR) is 73.9 cm³/mol. The second-order valence-corrected chi connectivity index (χ2v) is 5.17. The van der Waals surface area contributed by atoms with Crippen LogP contribution in [0.4, 0.5) is 0 Å². The van der Waals surface area contributed by atoms with E-state index in [1.54, 1.807) is 0 Å². The molecule has 3 nitrogen and oxygen atoms in total. The molecule has 1 heterocycles. The lowest BCUT2D eigenvalue weighted by molar-refractivity contribution is 0.0383. The van der Waals surface area contributed by atoms with E-state index in [0.29, 0.717) is 0 Å². The quantitative estimate of drug-likeness (QED) is 0.508. The molecule has 1 aliphatic heterocycles. The molecule has 1 saturated heterocycles. The molecule has 0 amide bonds. The lowest BCUT2D eigenvalue weighted by Crippen LogP contribution is -2.41. The maximum atomic E-state index is 5.82. The molecule has 0 radical (unpaired) electrons. The van der Waals surface area contributed by atoms with E-state index in [2.05, 4.69) is 17.1 Å². The van der Waals surface area contributed by atoms with Crippen LogP contribution in [-0.4, -0.2) is 56.7 Å². The van der Waals surface area contributed by atoms with E-state index in [1.807, 2.05) is 0 Å². The topological polar surface area (TPSA) is 24.5 Å². The molecule has 0 aliphatic carbocycles. The minimum Gasteiger partial charge on any atom is -0.379 e. The van der Waals surface area contributed by atoms with Gasteiger partial charge in [-0.2, -0.15) is 0 Å². The summed E-state index contributed by atoms with van der Waals surface area (Å²) < 4.78 is 5.33. The molecule has 0 aromatic carbocycles. The summed E-state index contributed by atoms with van der Waals surface area (Å²) in [4.78, 5) is 2.47. The zero-order valence-electron chi connectivity index (χ0n) is 11.1. The molecule has 4 heteroatoms. The summed E-state index contributed by atoms with van der Waals surface area (Å²) in [5.74, 6) is 1.54. The highest BCUT2D eigenvalue weighted by atomic mass is 35.5. The fourth-order valence-electron chi connectivity index (χ4n) is 2.28. The Morgan fingerprint density at radius 3 is 2.71 bits per heavy atom. The van der Waals surface area contributed by atoms with E-state index >= 15 is 0 Å². The second kappa shape index (κ2) is 10.1. The van der Waals surface area contributed by atoms with Gasteiger partial charge in [0.2, 0.25) is 0 Å². The van der Waals surface area contributed by atoms with Gasteiger partial charge in [-0.25, -0.2) is 0 Å². The van der Waals surface area contributed by atoms with E-state index in [0.717, 1.165) is 64.2 Å². The van der Waals surface area contributed by atoms with Crippen molar-refractivity contribution in [1.29, 1.82) is 0 Å². The molecule has 102 valence electrons. The van der Waals surface area contributed by atoms with Crippen LogP contribution < -0.4 is 5.32 Å². The number of nitrogens with one attached hydrogen (secondary N) is 1. The molecular formula is C13H27ClN2O. The van der Waals surface area contributed by atoms with Gasteiger partial charge in [-0.3, -0.25) is 4.90 Å². The first-order valence-electron chi connectivity index (χ1n) is 6.93. The first kappa shape index (κ1) is 15.2. The van der Waals surface area contributed by atoms with E-state index in [4.69, 9.17) is 16.3 Å². The number of alkyl halides is 1. The smallest absolute Gasteiger partial charge is 0.0594 e. The normalized spacial score (nSPS) is 19.4. The standard InChI is InChI=1S/C13H27ClN2O/c1-2-3-13(4-5-14)12-15-6-7-16-8-10-17-11-9-16/h13,15H,2-12H2,1H3. The van der Waals surface area contributed by atoms with Crippen LogP contribution in [0.3, 0.4) is 0 Å². The van der Waals surface area contributed by atoms with Crippen LogP contribution in [-0.2, 0) is 4.74 Å². The lowest BCUT2D eigenvalue weighted by atomic mass is 10.0. The molecule has 0 aromatic heterocycles. The van der Waals surface area contributed by atoms with Gasteiger partial charge in [0.15, 0.2) is 0 Å². The number of ether oxygens (including phenoxy) is 1. The lowest BCUT2D eigenvalue weighted by Gasteiger charge is -2.27. The monoisotopic (exact) mass is 262 g/mol. The molecular weight excluding hydrogens is 236 g/mol. The summed E-state index contributed by atoms with van der Waals surface area (Å²) in [5, 5.41) is 3.56. The van der Waals surface area contributed by atoms with Crippen molar-refractivity contribution in [2.24, 2.45) is 5.92 Å². The number of hydrogen-bond donors (Lipinski definition) is 1. The molecule has 1 aliphatic rings. The Hall–Kier alpha value is 0.170. The van der Waals surface area contributed by atoms with Crippen LogP contribution in [0.2, 0.25) is 0 Å². The molecule has 1 atom stereocenters. The van der Waals surface area contributed by atoms with E-state index in [-0.39, 0.29) is 0 Å². The molecule has 1 unspecified atom stereocenters. The maximum Gasteiger partial charge on any atom is 0.0594 e. The van der Waals surface area contributed by atoms with Gasteiger partial charge in [0.25, 0.3) is 0 Å². The van der Waals surface area contributed by atoms with Crippen molar-refractivity contribution in [2.45, 2.75) is 26.2 Å². The highest BCUT2D eigenvalue weighted by Gasteiger charge is 2.10. The second-order valence-electron chi connectivity index (χ2n) is 4.79. The van der Waals surface area contributed by atoms with Gasteiger partial charge in [0.1, 0.15) is 0 Å². The Balaban J connectivity index is 2.00. The van der Waals surface area contributed by atoms with Gasteiger partial charge in [0, 0.05) is 32.1 Å². The fourth-order valence-corrected chi connectivity index (χ4v) is 2.59. The molecule has 1 fully saturated rings. The molecule has 0 aromatic rings. The van der Waals surface area contributed by atoms with E-state index in [9.17, 15) is 0 Å². The highest BCUT2D eigenvalue weighted by Crippen LogP contribution is 2.10. The van der Waals surface area contributed by atoms with Crippen molar-refractivity contribution >= 4 is 11.6 Å². The van der Waals surface area contributed by atoms with Crippen molar-refractivity contribution in [3.8, 4) is 0 Å². The highest BCUT2D eigenvalue weighted by molar-refractivity contribution is 6.17. The van der Waals surface area contributed by atoms with Crippen LogP contribution in [0.25, 0.3) is 0 Å². The van der Waals surface area contributed by atoms with Crippen molar-refractivity contribution in [1.82, 2.24) is 10.2 Å². The third-order valence-corrected chi connectivity index (χ3v) is 3.57. The zero-order chi connectivity index (χ0) is 12.3. The average Bonchev–Trinajstić information content (AvgIpc) is 2.36. The van der Waals surface area contributed by atoms with Crippen molar-refractivity contribution < 1.29 is 4.74 Å².